The standard InChI is InChI=1S/C23H26FN3O2/c1-23(2,3)15-19(16-9-11-18(24)12-10-16)25-20(28)13-14-21-26-27-22(29-21)17-7-5-4-6-8-17/h4-12,19H,13-15H2,1-3H3,(H,25,28)/t19-/m1/s1. The zero-order valence-corrected chi connectivity index (χ0v) is 17.0. The Morgan fingerprint density at radius 3 is 2.41 bits per heavy atom. The van der Waals surface area contributed by atoms with E-state index in [1.54, 1.807) is 12.1 Å². The van der Waals surface area contributed by atoms with Gasteiger partial charge in [0, 0.05) is 18.4 Å². The van der Waals surface area contributed by atoms with E-state index in [9.17, 15) is 9.18 Å². The fraction of sp³-hybridized carbons (Fsp3) is 0.348. The van der Waals surface area contributed by atoms with Crippen LogP contribution in [0.4, 0.5) is 4.39 Å². The molecule has 0 aliphatic carbocycles. The van der Waals surface area contributed by atoms with Crippen LogP contribution in [0.25, 0.3) is 11.5 Å². The number of hydrogen-bond acceptors (Lipinski definition) is 4. The summed E-state index contributed by atoms with van der Waals surface area (Å²) in [4.78, 5) is 12.6. The lowest BCUT2D eigenvalue weighted by Gasteiger charge is -2.27. The van der Waals surface area contributed by atoms with E-state index in [2.05, 4.69) is 36.3 Å². The summed E-state index contributed by atoms with van der Waals surface area (Å²) in [5, 5.41) is 11.1. The van der Waals surface area contributed by atoms with Gasteiger partial charge in [-0.1, -0.05) is 51.1 Å². The molecule has 1 amide bonds. The SMILES string of the molecule is CC(C)(C)C[C@@H](NC(=O)CCc1nnc(-c2ccccc2)o1)c1ccc(F)cc1. The summed E-state index contributed by atoms with van der Waals surface area (Å²) in [7, 11) is 0. The monoisotopic (exact) mass is 395 g/mol. The minimum atomic E-state index is -0.291. The molecule has 0 saturated carbocycles. The van der Waals surface area contributed by atoms with Gasteiger partial charge in [0.15, 0.2) is 0 Å². The number of halogens is 1. The second kappa shape index (κ2) is 8.99. The van der Waals surface area contributed by atoms with Gasteiger partial charge in [0.1, 0.15) is 5.82 Å². The van der Waals surface area contributed by atoms with E-state index < -0.39 is 0 Å². The summed E-state index contributed by atoms with van der Waals surface area (Å²) in [6.07, 6.45) is 1.33. The molecule has 0 radical (unpaired) electrons. The molecule has 0 aliphatic rings. The summed E-state index contributed by atoms with van der Waals surface area (Å²) in [5.74, 6) is 0.467. The third kappa shape index (κ3) is 6.24. The van der Waals surface area contributed by atoms with Gasteiger partial charge in [0.25, 0.3) is 0 Å². The van der Waals surface area contributed by atoms with Crippen molar-refractivity contribution in [2.24, 2.45) is 5.41 Å². The molecule has 0 fully saturated rings. The zero-order chi connectivity index (χ0) is 20.9. The highest BCUT2D eigenvalue weighted by Gasteiger charge is 2.22. The summed E-state index contributed by atoms with van der Waals surface area (Å²) in [5.41, 5.74) is 1.74. The zero-order valence-electron chi connectivity index (χ0n) is 17.0. The molecule has 3 rings (SSSR count). The summed E-state index contributed by atoms with van der Waals surface area (Å²) >= 11 is 0. The lowest BCUT2D eigenvalue weighted by atomic mass is 9.85. The first kappa shape index (κ1) is 20.7. The molecule has 0 aliphatic heterocycles. The number of carbonyl (C=O) groups excluding carboxylic acids is 1. The van der Waals surface area contributed by atoms with Gasteiger partial charge in [-0.25, -0.2) is 4.39 Å². The van der Waals surface area contributed by atoms with Crippen molar-refractivity contribution in [1.82, 2.24) is 15.5 Å². The first-order valence-electron chi connectivity index (χ1n) is 9.73. The Kier molecular flexibility index (Phi) is 6.42. The van der Waals surface area contributed by atoms with E-state index in [1.165, 1.54) is 12.1 Å². The number of hydrogen-bond donors (Lipinski definition) is 1. The van der Waals surface area contributed by atoms with E-state index >= 15 is 0 Å². The van der Waals surface area contributed by atoms with E-state index in [4.69, 9.17) is 4.42 Å². The molecule has 152 valence electrons. The predicted octanol–water partition coefficient (Wildman–Crippen LogP) is 5.10. The number of aryl methyl sites for hydroxylation is 1. The lowest BCUT2D eigenvalue weighted by molar-refractivity contribution is -0.122. The van der Waals surface area contributed by atoms with Crippen LogP contribution in [-0.2, 0) is 11.2 Å². The molecule has 1 N–H and O–H groups in total. The van der Waals surface area contributed by atoms with Crippen LogP contribution in [-0.4, -0.2) is 16.1 Å². The van der Waals surface area contributed by atoms with E-state index in [0.29, 0.717) is 18.2 Å². The van der Waals surface area contributed by atoms with Gasteiger partial charge < -0.3 is 9.73 Å². The summed E-state index contributed by atoms with van der Waals surface area (Å²) < 4.78 is 18.9. The number of amides is 1. The Balaban J connectivity index is 1.61. The first-order chi connectivity index (χ1) is 13.8. The molecule has 2 aromatic carbocycles. The van der Waals surface area contributed by atoms with Gasteiger partial charge in [0.2, 0.25) is 17.7 Å². The molecule has 6 heteroatoms. The van der Waals surface area contributed by atoms with Crippen molar-refractivity contribution in [1.29, 1.82) is 0 Å². The number of benzene rings is 2. The average molecular weight is 395 g/mol. The van der Waals surface area contributed by atoms with Crippen molar-refractivity contribution in [3.63, 3.8) is 0 Å². The van der Waals surface area contributed by atoms with Crippen LogP contribution in [0.15, 0.2) is 59.0 Å². The maximum atomic E-state index is 13.3. The largest absolute Gasteiger partial charge is 0.421 e. The lowest BCUT2D eigenvalue weighted by Crippen LogP contribution is -2.31. The third-order valence-electron chi connectivity index (χ3n) is 4.48. The van der Waals surface area contributed by atoms with Crippen LogP contribution < -0.4 is 5.32 Å². The topological polar surface area (TPSA) is 68.0 Å². The van der Waals surface area contributed by atoms with Gasteiger partial charge >= 0.3 is 0 Å². The van der Waals surface area contributed by atoms with Gasteiger partial charge in [-0.2, -0.15) is 0 Å². The van der Waals surface area contributed by atoms with Crippen LogP contribution in [0, 0.1) is 11.2 Å². The van der Waals surface area contributed by atoms with E-state index in [0.717, 1.165) is 17.5 Å². The maximum absolute atomic E-state index is 13.3. The Labute approximate surface area is 170 Å². The predicted molar refractivity (Wildman–Crippen MR) is 109 cm³/mol. The van der Waals surface area contributed by atoms with Crippen molar-refractivity contribution in [2.45, 2.75) is 46.1 Å². The molecular formula is C23H26FN3O2. The molecule has 0 bridgehead atoms. The Morgan fingerprint density at radius 2 is 1.76 bits per heavy atom. The molecule has 3 aromatic rings. The van der Waals surface area contributed by atoms with Crippen molar-refractivity contribution >= 4 is 5.91 Å². The van der Waals surface area contributed by atoms with Gasteiger partial charge in [-0.05, 0) is 41.7 Å². The van der Waals surface area contributed by atoms with Crippen LogP contribution in [0.1, 0.15) is 51.1 Å². The molecule has 29 heavy (non-hydrogen) atoms. The van der Waals surface area contributed by atoms with Crippen LogP contribution in [0.2, 0.25) is 0 Å². The molecule has 1 aromatic heterocycles. The molecule has 0 saturated heterocycles. The third-order valence-corrected chi connectivity index (χ3v) is 4.48. The Hall–Kier alpha value is -3.02. The second-order valence-electron chi connectivity index (χ2n) is 8.30. The van der Waals surface area contributed by atoms with Crippen molar-refractivity contribution in [3.8, 4) is 11.5 Å². The number of carbonyl (C=O) groups is 1. The highest BCUT2D eigenvalue weighted by Crippen LogP contribution is 2.29. The van der Waals surface area contributed by atoms with Crippen LogP contribution >= 0.6 is 0 Å². The quantitative estimate of drug-likeness (QED) is 0.604. The molecule has 1 atom stereocenters. The van der Waals surface area contributed by atoms with Crippen LogP contribution in [0.5, 0.6) is 0 Å². The van der Waals surface area contributed by atoms with Crippen LogP contribution in [0.3, 0.4) is 0 Å². The Morgan fingerprint density at radius 1 is 1.07 bits per heavy atom. The average Bonchev–Trinajstić information content (AvgIpc) is 3.15. The number of nitrogens with zero attached hydrogens (tertiary/aromatic N) is 2. The molecule has 5 nitrogen and oxygen atoms in total. The normalized spacial score (nSPS) is 12.6. The smallest absolute Gasteiger partial charge is 0.247 e. The molecule has 0 unspecified atom stereocenters. The fourth-order valence-corrected chi connectivity index (χ4v) is 3.10. The molecule has 0 spiro atoms. The number of nitrogens with one attached hydrogen (secondary N) is 1. The van der Waals surface area contributed by atoms with E-state index in [1.807, 2.05) is 30.3 Å². The summed E-state index contributed by atoms with van der Waals surface area (Å²) in [6, 6.07) is 15.6. The first-order valence-corrected chi connectivity index (χ1v) is 9.73. The molecule has 1 heterocycles. The minimum absolute atomic E-state index is 0.00338. The van der Waals surface area contributed by atoms with Gasteiger partial charge in [0.05, 0.1) is 6.04 Å². The molecular weight excluding hydrogens is 369 g/mol. The van der Waals surface area contributed by atoms with Crippen molar-refractivity contribution in [3.05, 3.63) is 71.9 Å². The van der Waals surface area contributed by atoms with Crippen molar-refractivity contribution in [2.75, 3.05) is 0 Å². The maximum Gasteiger partial charge on any atom is 0.247 e. The van der Waals surface area contributed by atoms with Gasteiger partial charge in [-0.15, -0.1) is 10.2 Å². The van der Waals surface area contributed by atoms with E-state index in [-0.39, 0.29) is 29.6 Å². The second-order valence-corrected chi connectivity index (χ2v) is 8.30. The highest BCUT2D eigenvalue weighted by atomic mass is 19.1. The summed E-state index contributed by atoms with van der Waals surface area (Å²) in [6.45, 7) is 6.33. The van der Waals surface area contributed by atoms with Gasteiger partial charge in [-0.3, -0.25) is 4.79 Å². The minimum Gasteiger partial charge on any atom is -0.421 e. The fourth-order valence-electron chi connectivity index (χ4n) is 3.10. The number of aromatic nitrogens is 2. The van der Waals surface area contributed by atoms with Crippen molar-refractivity contribution < 1.29 is 13.6 Å². The Bertz CT molecular complexity index is 931. The highest BCUT2D eigenvalue weighted by molar-refractivity contribution is 5.76. The number of rotatable bonds is 7.